The molecule has 0 unspecified atom stereocenters. The second kappa shape index (κ2) is 8.45. The summed E-state index contributed by atoms with van der Waals surface area (Å²) in [6, 6.07) is 17.3. The van der Waals surface area contributed by atoms with E-state index in [2.05, 4.69) is 4.72 Å². The molecule has 2 atom stereocenters. The van der Waals surface area contributed by atoms with E-state index in [1.165, 1.54) is 9.96 Å². The molecule has 2 fully saturated rings. The first-order chi connectivity index (χ1) is 14.4. The molecule has 2 saturated heterocycles. The molecule has 2 heterocycles. The van der Waals surface area contributed by atoms with Crippen molar-refractivity contribution >= 4 is 21.9 Å². The van der Waals surface area contributed by atoms with E-state index >= 15 is 0 Å². The van der Waals surface area contributed by atoms with Crippen LogP contribution in [0.3, 0.4) is 0 Å². The van der Waals surface area contributed by atoms with Crippen LogP contribution < -0.4 is 4.72 Å². The first-order valence-electron chi connectivity index (χ1n) is 9.82. The Morgan fingerprint density at radius 3 is 2.33 bits per heavy atom. The Morgan fingerprint density at radius 2 is 1.67 bits per heavy atom. The van der Waals surface area contributed by atoms with Crippen LogP contribution in [0.25, 0.3) is 0 Å². The van der Waals surface area contributed by atoms with Gasteiger partial charge in [0.2, 0.25) is 10.0 Å². The van der Waals surface area contributed by atoms with Crippen LogP contribution in [0.15, 0.2) is 60.7 Å². The van der Waals surface area contributed by atoms with Gasteiger partial charge in [-0.3, -0.25) is 15.0 Å². The maximum Gasteiger partial charge on any atom is 0.344 e. The fraction of sp³-hybridized carbons (Fsp3) is 0.333. The lowest BCUT2D eigenvalue weighted by atomic mass is 10.0. The Bertz CT molecular complexity index is 1010. The number of hydrogen-bond donors (Lipinski definition) is 2. The number of carbonyl (C=O) groups excluding carboxylic acids is 1. The Labute approximate surface area is 176 Å². The molecule has 2 amide bonds. The monoisotopic (exact) mass is 428 g/mol. The molecule has 0 aliphatic carbocycles. The molecule has 2 aliphatic heterocycles. The highest BCUT2D eigenvalue weighted by Crippen LogP contribution is 2.30. The van der Waals surface area contributed by atoms with E-state index in [4.69, 9.17) is 10.2 Å². The lowest BCUT2D eigenvalue weighted by Gasteiger charge is -2.30. The minimum Gasteiger partial charge on any atom is -0.311 e. The summed E-state index contributed by atoms with van der Waals surface area (Å²) in [7, 11) is -3.74. The molecule has 4 rings (SSSR count). The second-order valence-corrected chi connectivity index (χ2v) is 9.25. The fourth-order valence-electron chi connectivity index (χ4n) is 3.88. The van der Waals surface area contributed by atoms with Crippen molar-refractivity contribution in [1.82, 2.24) is 14.7 Å². The molecule has 158 valence electrons. The number of rotatable bonds is 7. The summed E-state index contributed by atoms with van der Waals surface area (Å²) in [5.41, 5.74) is 1.60. The fourth-order valence-corrected chi connectivity index (χ4v) is 5.06. The summed E-state index contributed by atoms with van der Waals surface area (Å²) in [6.07, 6.45) is 1.15. The summed E-state index contributed by atoms with van der Waals surface area (Å²) < 4.78 is 27.3. The predicted molar refractivity (Wildman–Crippen MR) is 112 cm³/mol. The summed E-state index contributed by atoms with van der Waals surface area (Å²) in [4.78, 5) is 20.1. The molecule has 2 N–H and O–H groups in total. The Morgan fingerprint density at radius 1 is 1.03 bits per heavy atom. The number of hydroxylamine groups is 2. The number of fused-ring (bicyclic) bond motifs is 2. The molecule has 9 heteroatoms. The summed E-state index contributed by atoms with van der Waals surface area (Å²) in [6.45, 7) is 0.698. The van der Waals surface area contributed by atoms with E-state index < -0.39 is 16.1 Å². The number of benzene rings is 2. The van der Waals surface area contributed by atoms with Gasteiger partial charge in [0, 0.05) is 6.54 Å². The van der Waals surface area contributed by atoms with E-state index in [-0.39, 0.29) is 30.3 Å². The molecule has 0 spiro atoms. The molecule has 30 heavy (non-hydrogen) atoms. The Hall–Kier alpha value is -2.91. The molecule has 0 radical (unpaired) electrons. The lowest BCUT2D eigenvalue weighted by molar-refractivity contribution is -0.140. The van der Waals surface area contributed by atoms with Crippen LogP contribution in [0.1, 0.15) is 24.0 Å². The molecule has 2 aliphatic rings. The highest BCUT2D eigenvalue weighted by Gasteiger charge is 2.47. The first kappa shape index (κ1) is 20.4. The number of amides is 2. The third-order valence-corrected chi connectivity index (χ3v) is 6.58. The van der Waals surface area contributed by atoms with Crippen molar-refractivity contribution in [2.75, 3.05) is 6.54 Å². The zero-order valence-electron chi connectivity index (χ0n) is 16.4. The molecule has 2 aromatic rings. The standard InChI is InChI=1S/C21H24N4O4S/c22-20(23-30(27,28)15-17-9-5-2-6-10-17)19-12-11-18-13-24(19)21(26)25(18)29-14-16-7-3-1-4-8-16/h1-10,18-19H,11-15H2,(H2,22,23)/t18-,19+/m1/s1. The highest BCUT2D eigenvalue weighted by molar-refractivity contribution is 7.89. The number of piperidine rings is 1. The summed E-state index contributed by atoms with van der Waals surface area (Å²) in [5.74, 6) is -0.395. The van der Waals surface area contributed by atoms with Crippen molar-refractivity contribution in [2.24, 2.45) is 0 Å². The molecule has 8 nitrogen and oxygen atoms in total. The molecule has 2 aromatic carbocycles. The number of nitrogens with zero attached hydrogens (tertiary/aromatic N) is 2. The van der Waals surface area contributed by atoms with E-state index in [0.717, 1.165) is 5.56 Å². The minimum atomic E-state index is -3.74. The Balaban J connectivity index is 1.38. The van der Waals surface area contributed by atoms with Gasteiger partial charge < -0.3 is 4.90 Å². The van der Waals surface area contributed by atoms with Crippen molar-refractivity contribution in [2.45, 2.75) is 37.3 Å². The van der Waals surface area contributed by atoms with Crippen molar-refractivity contribution in [3.05, 3.63) is 71.8 Å². The largest absolute Gasteiger partial charge is 0.344 e. The average molecular weight is 429 g/mol. The predicted octanol–water partition coefficient (Wildman–Crippen LogP) is 2.48. The van der Waals surface area contributed by atoms with Crippen molar-refractivity contribution in [3.63, 3.8) is 0 Å². The van der Waals surface area contributed by atoms with Crippen LogP contribution in [-0.2, 0) is 27.2 Å². The first-order valence-corrected chi connectivity index (χ1v) is 11.5. The molecule has 2 bridgehead atoms. The molecule has 0 saturated carbocycles. The van der Waals surface area contributed by atoms with Crippen molar-refractivity contribution in [1.29, 1.82) is 5.41 Å². The second-order valence-electron chi connectivity index (χ2n) is 7.53. The van der Waals surface area contributed by atoms with Crippen LogP contribution in [-0.4, -0.2) is 48.9 Å². The van der Waals surface area contributed by atoms with E-state index in [1.807, 2.05) is 36.4 Å². The summed E-state index contributed by atoms with van der Waals surface area (Å²) in [5, 5.41) is 9.68. The van der Waals surface area contributed by atoms with Gasteiger partial charge in [0.05, 0.1) is 17.8 Å². The van der Waals surface area contributed by atoms with Crippen LogP contribution in [0.2, 0.25) is 0 Å². The van der Waals surface area contributed by atoms with Gasteiger partial charge in [0.25, 0.3) is 0 Å². The van der Waals surface area contributed by atoms with Gasteiger partial charge in [-0.2, -0.15) is 5.06 Å². The zero-order valence-corrected chi connectivity index (χ0v) is 17.2. The number of urea groups is 1. The normalized spacial score (nSPS) is 21.0. The maximum atomic E-state index is 12.8. The maximum absolute atomic E-state index is 12.8. The van der Waals surface area contributed by atoms with Crippen molar-refractivity contribution in [3.8, 4) is 0 Å². The number of amidine groups is 1. The van der Waals surface area contributed by atoms with Gasteiger partial charge in [0.15, 0.2) is 0 Å². The minimum absolute atomic E-state index is 0.0915. The molecular formula is C21H24N4O4S. The smallest absolute Gasteiger partial charge is 0.311 e. The third-order valence-electron chi connectivity index (χ3n) is 5.33. The number of nitrogens with one attached hydrogen (secondary N) is 2. The van der Waals surface area contributed by atoms with Crippen LogP contribution >= 0.6 is 0 Å². The number of hydrogen-bond acceptors (Lipinski definition) is 5. The van der Waals surface area contributed by atoms with Gasteiger partial charge in [-0.05, 0) is 24.0 Å². The van der Waals surface area contributed by atoms with Crippen LogP contribution in [0.4, 0.5) is 4.79 Å². The number of carbonyl (C=O) groups is 1. The average Bonchev–Trinajstić information content (AvgIpc) is 2.97. The number of sulfonamides is 1. The van der Waals surface area contributed by atoms with E-state index in [9.17, 15) is 13.2 Å². The van der Waals surface area contributed by atoms with Gasteiger partial charge in [-0.1, -0.05) is 60.7 Å². The van der Waals surface area contributed by atoms with Crippen LogP contribution in [0.5, 0.6) is 0 Å². The van der Waals surface area contributed by atoms with Crippen LogP contribution in [0, 0.1) is 5.41 Å². The SMILES string of the molecule is N=C(NS(=O)(=O)Cc1ccccc1)[C@@H]1CC[C@@H]2CN1C(=O)N2OCc1ccccc1. The molecule has 0 aromatic heterocycles. The molecular weight excluding hydrogens is 404 g/mol. The van der Waals surface area contributed by atoms with Gasteiger partial charge in [-0.25, -0.2) is 13.2 Å². The van der Waals surface area contributed by atoms with Crippen molar-refractivity contribution < 1.29 is 18.0 Å². The van der Waals surface area contributed by atoms with Gasteiger partial charge in [-0.15, -0.1) is 0 Å². The Kier molecular flexibility index (Phi) is 5.74. The topological polar surface area (TPSA) is 103 Å². The van der Waals surface area contributed by atoms with E-state index in [1.54, 1.807) is 24.3 Å². The van der Waals surface area contributed by atoms with Gasteiger partial charge >= 0.3 is 6.03 Å². The highest BCUT2D eigenvalue weighted by atomic mass is 32.2. The summed E-state index contributed by atoms with van der Waals surface area (Å²) >= 11 is 0. The lowest BCUT2D eigenvalue weighted by Crippen LogP contribution is -2.50. The van der Waals surface area contributed by atoms with E-state index in [0.29, 0.717) is 24.9 Å². The quantitative estimate of drug-likeness (QED) is 0.522. The van der Waals surface area contributed by atoms with Gasteiger partial charge in [0.1, 0.15) is 12.4 Å². The third kappa shape index (κ3) is 4.47. The zero-order chi connectivity index (χ0) is 21.1.